The number of aromatic amines is 1. The van der Waals surface area contributed by atoms with E-state index in [0.29, 0.717) is 18.9 Å². The fraction of sp³-hybridized carbons (Fsp3) is 0.593. The Hall–Kier alpha value is -2.48. The molecule has 0 aliphatic heterocycles. The van der Waals surface area contributed by atoms with Gasteiger partial charge in [-0.05, 0) is 47.8 Å². The Bertz CT molecular complexity index is 1160. The maximum Gasteiger partial charge on any atom is 0.303 e. The number of aliphatic carboxylic acids is 1. The van der Waals surface area contributed by atoms with E-state index < -0.39 is 5.97 Å². The van der Waals surface area contributed by atoms with E-state index in [0.717, 1.165) is 52.6 Å². The van der Waals surface area contributed by atoms with Crippen molar-refractivity contribution in [3.8, 4) is 5.75 Å². The molecular formula is C27H40N4O3S. The molecule has 0 aliphatic carbocycles. The summed E-state index contributed by atoms with van der Waals surface area (Å²) < 4.78 is 7.88. The van der Waals surface area contributed by atoms with Gasteiger partial charge in [-0.2, -0.15) is 4.63 Å². The number of hydrogen-bond donors (Lipinski definition) is 2. The van der Waals surface area contributed by atoms with Crippen LogP contribution in [0, 0.1) is 5.41 Å². The van der Waals surface area contributed by atoms with Gasteiger partial charge in [0, 0.05) is 6.42 Å². The summed E-state index contributed by atoms with van der Waals surface area (Å²) in [6, 6.07) is 6.57. The molecule has 7 nitrogen and oxygen atoms in total. The first-order valence-electron chi connectivity index (χ1n) is 12.6. The molecule has 2 heterocycles. The number of H-pyrrole nitrogens is 1. The predicted molar refractivity (Wildman–Crippen MR) is 141 cm³/mol. The first-order chi connectivity index (χ1) is 16.4. The zero-order valence-corrected chi connectivity index (χ0v) is 23.0. The molecule has 0 saturated heterocycles. The van der Waals surface area contributed by atoms with Crippen molar-refractivity contribution in [2.24, 2.45) is 5.41 Å². The van der Waals surface area contributed by atoms with Gasteiger partial charge in [-0.1, -0.05) is 72.7 Å². The lowest BCUT2D eigenvalue weighted by atomic mass is 9.72. The number of nitrogens with one attached hydrogen (secondary N) is 1. The molecule has 8 heteroatoms. The molecule has 2 N–H and O–H groups in total. The van der Waals surface area contributed by atoms with Crippen LogP contribution >= 0.6 is 11.8 Å². The Morgan fingerprint density at radius 2 is 1.94 bits per heavy atom. The number of carbonyl (C=O) groups is 1. The van der Waals surface area contributed by atoms with Crippen molar-refractivity contribution < 1.29 is 14.6 Å². The number of aromatic nitrogens is 4. The average Bonchev–Trinajstić information content (AvgIpc) is 3.29. The van der Waals surface area contributed by atoms with Gasteiger partial charge in [0.15, 0.2) is 11.5 Å². The van der Waals surface area contributed by atoms with Gasteiger partial charge in [0.1, 0.15) is 5.75 Å². The highest BCUT2D eigenvalue weighted by Gasteiger charge is 2.28. The van der Waals surface area contributed by atoms with E-state index in [2.05, 4.69) is 81.8 Å². The van der Waals surface area contributed by atoms with Crippen molar-refractivity contribution in [1.29, 1.82) is 0 Å². The Kier molecular flexibility index (Phi) is 8.57. The van der Waals surface area contributed by atoms with Crippen LogP contribution in [0.5, 0.6) is 5.75 Å². The second-order valence-corrected chi connectivity index (χ2v) is 12.1. The van der Waals surface area contributed by atoms with Gasteiger partial charge in [-0.25, -0.2) is 4.98 Å². The molecule has 3 aromatic rings. The van der Waals surface area contributed by atoms with Crippen LogP contribution in [-0.4, -0.2) is 37.5 Å². The van der Waals surface area contributed by atoms with Gasteiger partial charge in [0.25, 0.3) is 0 Å². The van der Waals surface area contributed by atoms with Gasteiger partial charge in [-0.3, -0.25) is 9.89 Å². The Labute approximate surface area is 213 Å². The molecule has 0 saturated carbocycles. The summed E-state index contributed by atoms with van der Waals surface area (Å²) in [7, 11) is 0. The molecular weight excluding hydrogens is 460 g/mol. The van der Waals surface area contributed by atoms with Gasteiger partial charge < -0.3 is 9.84 Å². The zero-order chi connectivity index (χ0) is 25.8. The summed E-state index contributed by atoms with van der Waals surface area (Å²) in [5.41, 5.74) is 3.28. The largest absolute Gasteiger partial charge is 0.492 e. The average molecular weight is 501 g/mol. The van der Waals surface area contributed by atoms with Crippen molar-refractivity contribution in [2.45, 2.75) is 102 Å². The van der Waals surface area contributed by atoms with Crippen molar-refractivity contribution in [3.05, 3.63) is 35.3 Å². The Morgan fingerprint density at radius 1 is 1.20 bits per heavy atom. The molecule has 0 atom stereocenters. The SMILES string of the molecule is CCCCOc1ccc(C(C)(C)CC(C)(C)C)cc1Sc1c(CC)[nH]n2nc(CCC(=O)O)nc12. The molecule has 2 aromatic heterocycles. The van der Waals surface area contributed by atoms with Crippen molar-refractivity contribution in [1.82, 2.24) is 19.8 Å². The van der Waals surface area contributed by atoms with Crippen LogP contribution in [0.2, 0.25) is 0 Å². The topological polar surface area (TPSA) is 92.5 Å². The fourth-order valence-corrected chi connectivity index (χ4v) is 5.73. The van der Waals surface area contributed by atoms with Crippen LogP contribution in [0.1, 0.15) is 91.2 Å². The molecule has 0 fully saturated rings. The summed E-state index contributed by atoms with van der Waals surface area (Å²) in [5.74, 6) is 0.560. The number of rotatable bonds is 12. The van der Waals surface area contributed by atoms with Crippen LogP contribution in [0.3, 0.4) is 0 Å². The number of aryl methyl sites for hydroxylation is 2. The number of nitrogens with zero attached hydrogens (tertiary/aromatic N) is 3. The Morgan fingerprint density at radius 3 is 2.57 bits per heavy atom. The maximum atomic E-state index is 11.0. The molecule has 0 radical (unpaired) electrons. The molecule has 0 amide bonds. The minimum Gasteiger partial charge on any atom is -0.492 e. The third kappa shape index (κ3) is 7.03. The maximum absolute atomic E-state index is 11.0. The van der Waals surface area contributed by atoms with Crippen LogP contribution in [0.4, 0.5) is 0 Å². The van der Waals surface area contributed by atoms with E-state index in [1.54, 1.807) is 16.4 Å². The van der Waals surface area contributed by atoms with Gasteiger partial charge in [-0.15, -0.1) is 5.10 Å². The lowest BCUT2D eigenvalue weighted by Gasteiger charge is -2.33. The van der Waals surface area contributed by atoms with Gasteiger partial charge in [0.2, 0.25) is 0 Å². The second kappa shape index (κ2) is 11.1. The van der Waals surface area contributed by atoms with E-state index in [9.17, 15) is 4.79 Å². The predicted octanol–water partition coefficient (Wildman–Crippen LogP) is 6.68. The number of unbranched alkanes of at least 4 members (excludes halogenated alkanes) is 1. The van der Waals surface area contributed by atoms with Crippen molar-refractivity contribution >= 4 is 23.4 Å². The summed E-state index contributed by atoms with van der Waals surface area (Å²) >= 11 is 1.65. The fourth-order valence-electron chi connectivity index (χ4n) is 4.56. The first kappa shape index (κ1) is 27.1. The lowest BCUT2D eigenvalue weighted by molar-refractivity contribution is -0.137. The molecule has 0 spiro atoms. The molecule has 0 unspecified atom stereocenters. The van der Waals surface area contributed by atoms with Crippen LogP contribution in [0.25, 0.3) is 5.65 Å². The summed E-state index contributed by atoms with van der Waals surface area (Å²) in [5, 5.41) is 16.8. The monoisotopic (exact) mass is 500 g/mol. The highest BCUT2D eigenvalue weighted by Crippen LogP contribution is 2.43. The van der Waals surface area contributed by atoms with Crippen molar-refractivity contribution in [2.75, 3.05) is 6.61 Å². The van der Waals surface area contributed by atoms with Crippen LogP contribution in [-0.2, 0) is 23.1 Å². The minimum atomic E-state index is -0.851. The quantitative estimate of drug-likeness (QED) is 0.269. The molecule has 0 bridgehead atoms. The standard InChI is InChI=1S/C27H40N4O3S/c1-8-10-15-34-20-12-11-18(27(6,7)17-26(3,4)5)16-21(20)35-24-19(9-2)29-31-25(24)28-22(30-31)13-14-23(32)33/h11-12,16,29H,8-10,13-15,17H2,1-7H3,(H,32,33). The summed E-state index contributed by atoms with van der Waals surface area (Å²) in [4.78, 5) is 17.7. The van der Waals surface area contributed by atoms with E-state index in [1.807, 2.05) is 0 Å². The number of fused-ring (bicyclic) bond motifs is 1. The molecule has 192 valence electrons. The molecule has 1 aromatic carbocycles. The van der Waals surface area contributed by atoms with Crippen LogP contribution < -0.4 is 4.74 Å². The highest BCUT2D eigenvalue weighted by atomic mass is 32.2. The van der Waals surface area contributed by atoms with E-state index in [4.69, 9.17) is 9.84 Å². The van der Waals surface area contributed by atoms with E-state index >= 15 is 0 Å². The molecule has 0 aliphatic rings. The minimum absolute atomic E-state index is 0.00935. The smallest absolute Gasteiger partial charge is 0.303 e. The van der Waals surface area contributed by atoms with E-state index in [1.165, 1.54) is 5.56 Å². The molecule has 35 heavy (non-hydrogen) atoms. The number of benzene rings is 1. The Balaban J connectivity index is 2.01. The van der Waals surface area contributed by atoms with Gasteiger partial charge in [0.05, 0.1) is 28.5 Å². The number of carboxylic acid groups (broad SMARTS) is 1. The number of carboxylic acids is 1. The zero-order valence-electron chi connectivity index (χ0n) is 22.2. The van der Waals surface area contributed by atoms with Crippen LogP contribution in [0.15, 0.2) is 28.0 Å². The normalized spacial score (nSPS) is 12.4. The lowest BCUT2D eigenvalue weighted by Crippen LogP contribution is -2.24. The summed E-state index contributed by atoms with van der Waals surface area (Å²) in [6.07, 6.45) is 4.27. The number of hydrogen-bond acceptors (Lipinski definition) is 5. The summed E-state index contributed by atoms with van der Waals surface area (Å²) in [6.45, 7) is 16.4. The first-order valence-corrected chi connectivity index (χ1v) is 13.4. The second-order valence-electron chi connectivity index (χ2n) is 11.0. The van der Waals surface area contributed by atoms with E-state index in [-0.39, 0.29) is 17.3 Å². The van der Waals surface area contributed by atoms with Gasteiger partial charge >= 0.3 is 5.97 Å². The molecule has 3 rings (SSSR count). The highest BCUT2D eigenvalue weighted by molar-refractivity contribution is 7.99. The van der Waals surface area contributed by atoms with Crippen molar-refractivity contribution in [3.63, 3.8) is 0 Å². The third-order valence-corrected chi connectivity index (χ3v) is 7.12. The third-order valence-electron chi connectivity index (χ3n) is 5.95. The number of ether oxygens (including phenoxy) is 1.